The lowest BCUT2D eigenvalue weighted by molar-refractivity contribution is 0.806. The Balaban J connectivity index is 1.67. The molecule has 0 amide bonds. The Hall–Kier alpha value is -2.63. The van der Waals surface area contributed by atoms with Crippen molar-refractivity contribution in [1.29, 1.82) is 0 Å². The molecular weight excluding hydrogens is 252 g/mol. The zero-order valence-electron chi connectivity index (χ0n) is 11.0. The number of benzene rings is 1. The van der Waals surface area contributed by atoms with E-state index in [-0.39, 0.29) is 0 Å². The van der Waals surface area contributed by atoms with E-state index in [1.54, 1.807) is 6.20 Å². The summed E-state index contributed by atoms with van der Waals surface area (Å²) < 4.78 is 0. The van der Waals surface area contributed by atoms with E-state index in [2.05, 4.69) is 25.5 Å². The number of nitrogens with zero attached hydrogens (tertiary/aromatic N) is 3. The van der Waals surface area contributed by atoms with Gasteiger partial charge >= 0.3 is 0 Å². The predicted molar refractivity (Wildman–Crippen MR) is 79.3 cm³/mol. The van der Waals surface area contributed by atoms with Crippen molar-refractivity contribution in [3.8, 4) is 0 Å². The molecule has 2 heterocycles. The fourth-order valence-electron chi connectivity index (χ4n) is 2.18. The highest BCUT2D eigenvalue weighted by Gasteiger charge is 2.04. The highest BCUT2D eigenvalue weighted by Crippen LogP contribution is 2.26. The molecule has 0 radical (unpaired) electrons. The topological polar surface area (TPSA) is 92.5 Å². The normalized spacial score (nSPS) is 10.8. The van der Waals surface area contributed by atoms with Crippen LogP contribution in [0.4, 0.5) is 11.4 Å². The summed E-state index contributed by atoms with van der Waals surface area (Å²) in [4.78, 5) is 8.42. The maximum Gasteiger partial charge on any atom is 0.137 e. The monoisotopic (exact) mass is 268 g/mol. The quantitative estimate of drug-likeness (QED) is 0.486. The van der Waals surface area contributed by atoms with Gasteiger partial charge in [-0.15, -0.1) is 0 Å². The lowest BCUT2D eigenvalue weighted by Crippen LogP contribution is -2.05. The number of H-pyrrole nitrogens is 1. The standard InChI is InChI=1S/C14H16N6/c15-11-5-6-12(10-3-1-8-17-14(10)11)16-7-2-4-13-18-9-19-20-13/h1,3,5-6,8-9,16H,2,4,7,15H2,(H,18,19,20). The lowest BCUT2D eigenvalue weighted by atomic mass is 10.1. The maximum absolute atomic E-state index is 5.93. The van der Waals surface area contributed by atoms with Crippen LogP contribution in [0.25, 0.3) is 10.9 Å². The average molecular weight is 268 g/mol. The van der Waals surface area contributed by atoms with E-state index in [0.717, 1.165) is 41.8 Å². The number of anilines is 2. The molecule has 102 valence electrons. The van der Waals surface area contributed by atoms with Gasteiger partial charge in [0.2, 0.25) is 0 Å². The molecular formula is C14H16N6. The first-order valence-electron chi connectivity index (χ1n) is 6.56. The Morgan fingerprint density at radius 1 is 1.20 bits per heavy atom. The first kappa shape index (κ1) is 12.4. The first-order chi connectivity index (χ1) is 9.84. The average Bonchev–Trinajstić information content (AvgIpc) is 2.99. The van der Waals surface area contributed by atoms with Gasteiger partial charge in [-0.3, -0.25) is 10.1 Å². The molecule has 0 aliphatic carbocycles. The molecule has 0 aliphatic rings. The summed E-state index contributed by atoms with van der Waals surface area (Å²) in [5.74, 6) is 0.913. The number of pyridine rings is 1. The third-order valence-electron chi connectivity index (χ3n) is 3.17. The largest absolute Gasteiger partial charge is 0.397 e. The molecule has 0 fully saturated rings. The van der Waals surface area contributed by atoms with Crippen LogP contribution < -0.4 is 11.1 Å². The fraction of sp³-hybridized carbons (Fsp3) is 0.214. The number of hydrogen-bond acceptors (Lipinski definition) is 5. The van der Waals surface area contributed by atoms with Gasteiger partial charge in [0.15, 0.2) is 0 Å². The van der Waals surface area contributed by atoms with E-state index >= 15 is 0 Å². The van der Waals surface area contributed by atoms with E-state index in [1.807, 2.05) is 24.3 Å². The molecule has 3 rings (SSSR count). The minimum absolute atomic E-state index is 0.702. The number of fused-ring (bicyclic) bond motifs is 1. The van der Waals surface area contributed by atoms with E-state index in [0.29, 0.717) is 5.69 Å². The number of rotatable bonds is 5. The van der Waals surface area contributed by atoms with Crippen LogP contribution in [0.5, 0.6) is 0 Å². The SMILES string of the molecule is Nc1ccc(NCCCc2ncn[nH]2)c2cccnc12. The van der Waals surface area contributed by atoms with Crippen molar-refractivity contribution in [2.45, 2.75) is 12.8 Å². The van der Waals surface area contributed by atoms with Crippen molar-refractivity contribution >= 4 is 22.3 Å². The van der Waals surface area contributed by atoms with Crippen molar-refractivity contribution in [3.05, 3.63) is 42.6 Å². The van der Waals surface area contributed by atoms with Crippen molar-refractivity contribution in [2.24, 2.45) is 0 Å². The van der Waals surface area contributed by atoms with Crippen LogP contribution in [0.2, 0.25) is 0 Å². The van der Waals surface area contributed by atoms with Gasteiger partial charge in [-0.2, -0.15) is 5.10 Å². The van der Waals surface area contributed by atoms with Gasteiger partial charge in [0, 0.05) is 30.2 Å². The highest BCUT2D eigenvalue weighted by molar-refractivity contribution is 5.98. The number of nitrogens with two attached hydrogens (primary N) is 1. The molecule has 4 N–H and O–H groups in total. The molecule has 2 aromatic heterocycles. The number of aromatic nitrogens is 4. The molecule has 0 spiro atoms. The van der Waals surface area contributed by atoms with E-state index in [4.69, 9.17) is 5.73 Å². The second-order valence-electron chi connectivity index (χ2n) is 4.56. The zero-order valence-corrected chi connectivity index (χ0v) is 11.0. The van der Waals surface area contributed by atoms with Gasteiger partial charge in [0.25, 0.3) is 0 Å². The van der Waals surface area contributed by atoms with Crippen LogP contribution in [-0.2, 0) is 6.42 Å². The van der Waals surface area contributed by atoms with Crippen LogP contribution in [0, 0.1) is 0 Å². The minimum atomic E-state index is 0.702. The van der Waals surface area contributed by atoms with E-state index < -0.39 is 0 Å². The molecule has 0 unspecified atom stereocenters. The zero-order chi connectivity index (χ0) is 13.8. The fourth-order valence-corrected chi connectivity index (χ4v) is 2.18. The summed E-state index contributed by atoms with van der Waals surface area (Å²) >= 11 is 0. The van der Waals surface area contributed by atoms with Crippen LogP contribution in [0.1, 0.15) is 12.2 Å². The van der Waals surface area contributed by atoms with Crippen LogP contribution in [0.3, 0.4) is 0 Å². The summed E-state index contributed by atoms with van der Waals surface area (Å²) in [7, 11) is 0. The van der Waals surface area contributed by atoms with Crippen LogP contribution >= 0.6 is 0 Å². The summed E-state index contributed by atoms with van der Waals surface area (Å²) in [6.07, 6.45) is 5.13. The summed E-state index contributed by atoms with van der Waals surface area (Å²) in [5, 5.41) is 11.2. The predicted octanol–water partition coefficient (Wildman–Crippen LogP) is 1.98. The van der Waals surface area contributed by atoms with Crippen LogP contribution in [0.15, 0.2) is 36.8 Å². The molecule has 0 saturated heterocycles. The molecule has 0 bridgehead atoms. The van der Waals surface area contributed by atoms with E-state index in [9.17, 15) is 0 Å². The smallest absolute Gasteiger partial charge is 0.137 e. The summed E-state index contributed by atoms with van der Waals surface area (Å²) in [5.41, 5.74) is 8.53. The Labute approximate surface area is 116 Å². The number of hydrogen-bond donors (Lipinski definition) is 3. The minimum Gasteiger partial charge on any atom is -0.397 e. The highest BCUT2D eigenvalue weighted by atomic mass is 15.2. The second-order valence-corrected chi connectivity index (χ2v) is 4.56. The van der Waals surface area contributed by atoms with Crippen LogP contribution in [-0.4, -0.2) is 26.7 Å². The molecule has 0 atom stereocenters. The van der Waals surface area contributed by atoms with Gasteiger partial charge in [0.1, 0.15) is 12.2 Å². The molecule has 0 aliphatic heterocycles. The van der Waals surface area contributed by atoms with Gasteiger partial charge in [-0.1, -0.05) is 0 Å². The van der Waals surface area contributed by atoms with Gasteiger partial charge in [0.05, 0.1) is 11.2 Å². The lowest BCUT2D eigenvalue weighted by Gasteiger charge is -2.10. The Kier molecular flexibility index (Phi) is 3.45. The number of nitrogens with one attached hydrogen (secondary N) is 2. The Morgan fingerprint density at radius 2 is 2.15 bits per heavy atom. The summed E-state index contributed by atoms with van der Waals surface area (Å²) in [6.45, 7) is 0.856. The Bertz CT molecular complexity index is 692. The van der Waals surface area contributed by atoms with Gasteiger partial charge < -0.3 is 11.1 Å². The third kappa shape index (κ3) is 2.54. The maximum atomic E-state index is 5.93. The second kappa shape index (κ2) is 5.56. The Morgan fingerprint density at radius 3 is 3.00 bits per heavy atom. The number of nitrogen functional groups attached to an aromatic ring is 1. The van der Waals surface area contributed by atoms with E-state index in [1.165, 1.54) is 6.33 Å². The van der Waals surface area contributed by atoms with Crippen molar-refractivity contribution < 1.29 is 0 Å². The van der Waals surface area contributed by atoms with Crippen molar-refractivity contribution in [1.82, 2.24) is 20.2 Å². The number of aryl methyl sites for hydroxylation is 1. The van der Waals surface area contributed by atoms with Gasteiger partial charge in [-0.25, -0.2) is 4.98 Å². The molecule has 0 saturated carbocycles. The molecule has 20 heavy (non-hydrogen) atoms. The van der Waals surface area contributed by atoms with Gasteiger partial charge in [-0.05, 0) is 30.7 Å². The van der Waals surface area contributed by atoms with Crippen molar-refractivity contribution in [2.75, 3.05) is 17.6 Å². The first-order valence-corrected chi connectivity index (χ1v) is 6.56. The van der Waals surface area contributed by atoms with Crippen molar-refractivity contribution in [3.63, 3.8) is 0 Å². The molecule has 6 nitrogen and oxygen atoms in total. The number of aromatic amines is 1. The molecule has 6 heteroatoms. The summed E-state index contributed by atoms with van der Waals surface area (Å²) in [6, 6.07) is 7.82. The molecule has 3 aromatic rings. The molecule has 1 aromatic carbocycles. The third-order valence-corrected chi connectivity index (χ3v) is 3.17.